The number of amidine groups is 1. The van der Waals surface area contributed by atoms with Crippen LogP contribution in [0, 0.1) is 33.5 Å². The lowest BCUT2D eigenvalue weighted by molar-refractivity contribution is -0.184. The molecule has 1 saturated heterocycles. The molecule has 1 saturated carbocycles. The first-order valence-corrected chi connectivity index (χ1v) is 7.06. The highest BCUT2D eigenvalue weighted by Gasteiger charge is 2.94. The number of thiophene rings is 1. The minimum absolute atomic E-state index is 0.141. The summed E-state index contributed by atoms with van der Waals surface area (Å²) < 4.78 is 11.2. The third kappa shape index (κ3) is 0.917. The molecule has 1 spiro atoms. The predicted molar refractivity (Wildman–Crippen MR) is 69.4 cm³/mol. The van der Waals surface area contributed by atoms with Gasteiger partial charge in [0.05, 0.1) is 25.4 Å². The zero-order valence-electron chi connectivity index (χ0n) is 10.4. The third-order valence-electron chi connectivity index (χ3n) is 4.43. The number of hydrogen-bond acceptors (Lipinski definition) is 7. The first-order valence-electron chi connectivity index (χ1n) is 6.18. The number of aliphatic imine (C=N–C) groups is 1. The monoisotopic (exact) mass is 286 g/mol. The Kier molecular flexibility index (Phi) is 2.01. The van der Waals surface area contributed by atoms with Gasteiger partial charge in [-0.25, -0.2) is 4.99 Å². The summed E-state index contributed by atoms with van der Waals surface area (Å²) in [4.78, 5) is 5.14. The Bertz CT molecular complexity index is 695. The van der Waals surface area contributed by atoms with Gasteiger partial charge in [0, 0.05) is 10.8 Å². The van der Waals surface area contributed by atoms with E-state index in [1.807, 2.05) is 17.5 Å². The average molecular weight is 286 g/mol. The molecule has 1 aliphatic carbocycles. The van der Waals surface area contributed by atoms with Crippen LogP contribution in [0.2, 0.25) is 0 Å². The fraction of sp³-hybridized carbons (Fsp3) is 0.462. The highest BCUT2D eigenvalue weighted by atomic mass is 32.1. The molecule has 4 rings (SSSR count). The van der Waals surface area contributed by atoms with Crippen LogP contribution in [-0.2, 0) is 9.47 Å². The number of fused-ring (bicyclic) bond motifs is 2. The molecule has 0 radical (unpaired) electrons. The molecule has 0 amide bonds. The number of ether oxygens (including phenoxy) is 2. The van der Waals surface area contributed by atoms with Crippen molar-refractivity contribution in [3.05, 3.63) is 22.4 Å². The van der Waals surface area contributed by atoms with Gasteiger partial charge in [0.15, 0.2) is 10.8 Å². The van der Waals surface area contributed by atoms with Gasteiger partial charge < -0.3 is 15.2 Å². The second-order valence-corrected chi connectivity index (χ2v) is 6.04. The molecule has 2 N–H and O–H groups in total. The van der Waals surface area contributed by atoms with Crippen molar-refractivity contribution in [1.29, 1.82) is 10.5 Å². The van der Waals surface area contributed by atoms with E-state index in [0.29, 0.717) is 13.2 Å². The Morgan fingerprint density at radius 1 is 1.35 bits per heavy atom. The van der Waals surface area contributed by atoms with E-state index < -0.39 is 16.7 Å². The Morgan fingerprint density at radius 3 is 2.65 bits per heavy atom. The average Bonchev–Trinajstić information content (AvgIpc) is 2.93. The molecule has 0 bridgehead atoms. The van der Waals surface area contributed by atoms with Crippen LogP contribution >= 0.6 is 11.3 Å². The van der Waals surface area contributed by atoms with Gasteiger partial charge in [-0.2, -0.15) is 10.5 Å². The van der Waals surface area contributed by atoms with Gasteiger partial charge in [-0.05, 0) is 11.4 Å². The summed E-state index contributed by atoms with van der Waals surface area (Å²) in [6.45, 7) is 0.692. The highest BCUT2D eigenvalue weighted by Crippen LogP contribution is 2.82. The standard InChI is InChI=1S/C13H10N4O2S/c14-6-11-9(8-2-1-5-20-8)12(11,7-15)13(17-10(11)16)18-3-4-19-13/h1-2,5,9H,3-4H2,(H2,16,17)/t9-,11+,12+/m0/s1. The van der Waals surface area contributed by atoms with E-state index in [-0.39, 0.29) is 11.8 Å². The van der Waals surface area contributed by atoms with Gasteiger partial charge in [0.2, 0.25) is 0 Å². The summed E-state index contributed by atoms with van der Waals surface area (Å²) in [7, 11) is 0. The summed E-state index contributed by atoms with van der Waals surface area (Å²) in [6.07, 6.45) is 0. The van der Waals surface area contributed by atoms with E-state index in [1.54, 1.807) is 0 Å². The third-order valence-corrected chi connectivity index (χ3v) is 5.37. The van der Waals surface area contributed by atoms with Crippen molar-refractivity contribution in [3.8, 4) is 12.1 Å². The molecule has 1 aromatic heterocycles. The minimum Gasteiger partial charge on any atom is -0.386 e. The maximum atomic E-state index is 9.79. The minimum atomic E-state index is -1.42. The van der Waals surface area contributed by atoms with Crippen LogP contribution < -0.4 is 5.73 Å². The van der Waals surface area contributed by atoms with Crippen LogP contribution in [0.5, 0.6) is 0 Å². The maximum absolute atomic E-state index is 9.79. The van der Waals surface area contributed by atoms with E-state index >= 15 is 0 Å². The zero-order valence-corrected chi connectivity index (χ0v) is 11.2. The largest absolute Gasteiger partial charge is 0.386 e. The normalized spacial score (nSPS) is 39.9. The second-order valence-electron chi connectivity index (χ2n) is 5.06. The van der Waals surface area contributed by atoms with Crippen LogP contribution in [0.25, 0.3) is 0 Å². The van der Waals surface area contributed by atoms with Gasteiger partial charge >= 0.3 is 0 Å². The predicted octanol–water partition coefficient (Wildman–Crippen LogP) is 0.937. The quantitative estimate of drug-likeness (QED) is 0.827. The summed E-state index contributed by atoms with van der Waals surface area (Å²) in [5, 5.41) is 21.4. The molecule has 3 heterocycles. The number of rotatable bonds is 1. The highest BCUT2D eigenvalue weighted by molar-refractivity contribution is 7.10. The van der Waals surface area contributed by atoms with Gasteiger partial charge in [0.25, 0.3) is 5.91 Å². The van der Waals surface area contributed by atoms with E-state index in [4.69, 9.17) is 15.2 Å². The van der Waals surface area contributed by atoms with E-state index in [1.165, 1.54) is 11.3 Å². The Balaban J connectivity index is 1.96. The second kappa shape index (κ2) is 3.39. The van der Waals surface area contributed by atoms with Gasteiger partial charge in [-0.1, -0.05) is 6.07 Å². The molecule has 2 aliphatic heterocycles. The molecule has 20 heavy (non-hydrogen) atoms. The summed E-state index contributed by atoms with van der Waals surface area (Å²) in [5.41, 5.74) is 3.68. The summed E-state index contributed by atoms with van der Waals surface area (Å²) in [6, 6.07) is 8.26. The molecule has 3 atom stereocenters. The van der Waals surface area contributed by atoms with Gasteiger partial charge in [0.1, 0.15) is 5.84 Å². The molecule has 0 unspecified atom stereocenters. The van der Waals surface area contributed by atoms with Crippen LogP contribution in [0.15, 0.2) is 22.5 Å². The fourth-order valence-corrected chi connectivity index (χ4v) is 4.56. The summed E-state index contributed by atoms with van der Waals surface area (Å²) in [5.74, 6) is -1.63. The number of nitrogens with two attached hydrogens (primary N) is 1. The number of nitriles is 2. The zero-order chi connectivity index (χ0) is 14.0. The molecule has 0 aromatic carbocycles. The first-order chi connectivity index (χ1) is 9.68. The fourth-order valence-electron chi connectivity index (χ4n) is 3.60. The SMILES string of the molecule is N#C[C@@]12C(N)=NC3(OCCO3)[C@]1(C#N)[C@H]2c1cccs1. The molecule has 3 aliphatic rings. The smallest absolute Gasteiger partial charge is 0.293 e. The van der Waals surface area contributed by atoms with Crippen LogP contribution in [0.4, 0.5) is 0 Å². The Labute approximate surface area is 119 Å². The lowest BCUT2D eigenvalue weighted by Crippen LogP contribution is -2.38. The van der Waals surface area contributed by atoms with Gasteiger partial charge in [-0.15, -0.1) is 11.3 Å². The molecule has 6 nitrogen and oxygen atoms in total. The van der Waals surface area contributed by atoms with E-state index in [9.17, 15) is 10.5 Å². The topological polar surface area (TPSA) is 104 Å². The number of hydrogen-bond donors (Lipinski definition) is 1. The van der Waals surface area contributed by atoms with E-state index in [2.05, 4.69) is 17.1 Å². The van der Waals surface area contributed by atoms with Crippen molar-refractivity contribution in [2.45, 2.75) is 11.8 Å². The molecule has 7 heteroatoms. The van der Waals surface area contributed by atoms with Crippen molar-refractivity contribution in [2.75, 3.05) is 13.2 Å². The molecule has 1 aromatic rings. The lowest BCUT2D eigenvalue weighted by Gasteiger charge is -2.25. The van der Waals surface area contributed by atoms with Crippen LogP contribution in [0.3, 0.4) is 0 Å². The van der Waals surface area contributed by atoms with Crippen LogP contribution in [-0.4, -0.2) is 25.0 Å². The maximum Gasteiger partial charge on any atom is 0.293 e. The van der Waals surface area contributed by atoms with Gasteiger partial charge in [-0.3, -0.25) is 0 Å². The van der Waals surface area contributed by atoms with Crippen LogP contribution in [0.1, 0.15) is 10.8 Å². The Morgan fingerprint density at radius 2 is 2.10 bits per heavy atom. The van der Waals surface area contributed by atoms with E-state index in [0.717, 1.165) is 4.88 Å². The number of nitrogens with zero attached hydrogens (tertiary/aromatic N) is 3. The van der Waals surface area contributed by atoms with Crippen molar-refractivity contribution < 1.29 is 9.47 Å². The first kappa shape index (κ1) is 11.9. The molecule has 2 fully saturated rings. The lowest BCUT2D eigenvalue weighted by atomic mass is 9.94. The van der Waals surface area contributed by atoms with Crippen molar-refractivity contribution >= 4 is 17.2 Å². The Hall–Kier alpha value is -1.93. The molecular formula is C13H10N4O2S. The van der Waals surface area contributed by atoms with Crippen molar-refractivity contribution in [3.63, 3.8) is 0 Å². The molecule has 100 valence electrons. The molecular weight excluding hydrogens is 276 g/mol. The van der Waals surface area contributed by atoms with Crippen molar-refractivity contribution in [1.82, 2.24) is 0 Å². The summed E-state index contributed by atoms with van der Waals surface area (Å²) >= 11 is 1.50. The van der Waals surface area contributed by atoms with Crippen molar-refractivity contribution in [2.24, 2.45) is 21.6 Å².